The van der Waals surface area contributed by atoms with E-state index < -0.39 is 0 Å². The molecule has 0 aliphatic heterocycles. The fourth-order valence-electron chi connectivity index (χ4n) is 5.14. The standard InChI is InChI=1S/C20H44N2Si2/c1-17(2)21(19-11-7-5-8-12-19)23-15-16-24-22(18(3)4)20-13-9-6-10-14-20/h17-20H,5-16,23-24H2,1-4H3. The van der Waals surface area contributed by atoms with Gasteiger partial charge in [-0.05, 0) is 37.8 Å². The molecule has 2 aliphatic carbocycles. The van der Waals surface area contributed by atoms with Crippen molar-refractivity contribution >= 4 is 19.4 Å². The van der Waals surface area contributed by atoms with Crippen molar-refractivity contribution in [1.82, 2.24) is 9.13 Å². The van der Waals surface area contributed by atoms with Gasteiger partial charge in [0, 0.05) is 12.1 Å². The van der Waals surface area contributed by atoms with E-state index in [4.69, 9.17) is 0 Å². The molecule has 2 aliphatic rings. The van der Waals surface area contributed by atoms with Crippen LogP contribution in [0, 0.1) is 0 Å². The van der Waals surface area contributed by atoms with Crippen LogP contribution < -0.4 is 0 Å². The zero-order valence-corrected chi connectivity index (χ0v) is 19.9. The third-order valence-corrected chi connectivity index (χ3v) is 12.7. The van der Waals surface area contributed by atoms with Crippen LogP contribution in [0.3, 0.4) is 0 Å². The lowest BCUT2D eigenvalue weighted by Gasteiger charge is -2.39. The van der Waals surface area contributed by atoms with Crippen molar-refractivity contribution < 1.29 is 0 Å². The van der Waals surface area contributed by atoms with Crippen LogP contribution in [-0.4, -0.2) is 52.7 Å². The normalized spacial score (nSPS) is 22.5. The minimum Gasteiger partial charge on any atom is -0.324 e. The lowest BCUT2D eigenvalue weighted by molar-refractivity contribution is 0.219. The molecule has 2 saturated carbocycles. The van der Waals surface area contributed by atoms with Gasteiger partial charge in [0.15, 0.2) is 0 Å². The molecule has 24 heavy (non-hydrogen) atoms. The summed E-state index contributed by atoms with van der Waals surface area (Å²) in [5.74, 6) is 0. The maximum Gasteiger partial charge on any atom is 0.0954 e. The number of nitrogens with zero attached hydrogens (tertiary/aromatic N) is 2. The monoisotopic (exact) mass is 368 g/mol. The summed E-state index contributed by atoms with van der Waals surface area (Å²) < 4.78 is 5.96. The minimum atomic E-state index is -0.0216. The van der Waals surface area contributed by atoms with Gasteiger partial charge in [-0.15, -0.1) is 0 Å². The van der Waals surface area contributed by atoms with E-state index in [1.165, 1.54) is 64.2 Å². The minimum absolute atomic E-state index is 0.0216. The van der Waals surface area contributed by atoms with Crippen molar-refractivity contribution in [2.24, 2.45) is 0 Å². The summed E-state index contributed by atoms with van der Waals surface area (Å²) in [6.07, 6.45) is 14.9. The number of rotatable bonds is 9. The van der Waals surface area contributed by atoms with E-state index in [2.05, 4.69) is 36.8 Å². The first-order valence-corrected chi connectivity index (χ1v) is 14.4. The van der Waals surface area contributed by atoms with Gasteiger partial charge in [-0.1, -0.05) is 78.3 Å². The second-order valence-corrected chi connectivity index (χ2v) is 12.7. The lowest BCUT2D eigenvalue weighted by atomic mass is 9.95. The third-order valence-electron chi connectivity index (χ3n) is 6.50. The predicted molar refractivity (Wildman–Crippen MR) is 114 cm³/mol. The van der Waals surface area contributed by atoms with Gasteiger partial charge in [-0.25, -0.2) is 0 Å². The fourth-order valence-corrected chi connectivity index (χ4v) is 10.2. The summed E-state index contributed by atoms with van der Waals surface area (Å²) in [7, 11) is -0.0431. The molecule has 0 unspecified atom stereocenters. The van der Waals surface area contributed by atoms with Crippen LogP contribution in [0.4, 0.5) is 0 Å². The number of hydrogen-bond donors (Lipinski definition) is 0. The molecule has 4 heteroatoms. The first-order valence-electron chi connectivity index (χ1n) is 11.1. The molecule has 0 aromatic carbocycles. The Morgan fingerprint density at radius 1 is 0.625 bits per heavy atom. The molecule has 0 aromatic rings. The molecule has 0 atom stereocenters. The van der Waals surface area contributed by atoms with Crippen LogP contribution in [0.25, 0.3) is 0 Å². The average molecular weight is 369 g/mol. The topological polar surface area (TPSA) is 6.48 Å². The SMILES string of the molecule is CC(C)N([SiH2]CC[SiH2]N(C(C)C)C1CCCCC1)C1CCCCC1. The lowest BCUT2D eigenvalue weighted by Crippen LogP contribution is -2.45. The van der Waals surface area contributed by atoms with Gasteiger partial charge in [0.25, 0.3) is 0 Å². The van der Waals surface area contributed by atoms with Gasteiger partial charge in [-0.2, -0.15) is 0 Å². The second-order valence-electron chi connectivity index (χ2n) is 8.95. The van der Waals surface area contributed by atoms with Gasteiger partial charge in [-0.3, -0.25) is 0 Å². The highest BCUT2D eigenvalue weighted by Gasteiger charge is 2.24. The summed E-state index contributed by atoms with van der Waals surface area (Å²) in [6, 6.07) is 6.65. The fraction of sp³-hybridized carbons (Fsp3) is 1.00. The summed E-state index contributed by atoms with van der Waals surface area (Å²) in [6.45, 7) is 9.78. The van der Waals surface area contributed by atoms with Crippen molar-refractivity contribution in [3.8, 4) is 0 Å². The highest BCUT2D eigenvalue weighted by Crippen LogP contribution is 2.25. The van der Waals surface area contributed by atoms with Crippen molar-refractivity contribution in [3.63, 3.8) is 0 Å². The summed E-state index contributed by atoms with van der Waals surface area (Å²) in [5, 5.41) is 0. The molecule has 2 nitrogen and oxygen atoms in total. The highest BCUT2D eigenvalue weighted by molar-refractivity contribution is 6.39. The molecule has 0 saturated heterocycles. The first kappa shape index (κ1) is 20.7. The van der Waals surface area contributed by atoms with Crippen LogP contribution in [0.2, 0.25) is 12.1 Å². The largest absolute Gasteiger partial charge is 0.324 e. The van der Waals surface area contributed by atoms with E-state index in [0.717, 1.165) is 24.2 Å². The Labute approximate surface area is 156 Å². The Bertz CT molecular complexity index is 292. The Kier molecular flexibility index (Phi) is 9.60. The van der Waals surface area contributed by atoms with Crippen LogP contribution in [-0.2, 0) is 0 Å². The Hall–Kier alpha value is 0.354. The predicted octanol–water partition coefficient (Wildman–Crippen LogP) is 4.08. The molecular formula is C20H44N2Si2. The zero-order valence-electron chi connectivity index (χ0n) is 17.1. The van der Waals surface area contributed by atoms with Gasteiger partial charge in [0.05, 0.1) is 19.4 Å². The van der Waals surface area contributed by atoms with Crippen molar-refractivity contribution in [2.75, 3.05) is 0 Å². The van der Waals surface area contributed by atoms with E-state index >= 15 is 0 Å². The quantitative estimate of drug-likeness (QED) is 0.447. The average Bonchev–Trinajstić information content (AvgIpc) is 2.59. The van der Waals surface area contributed by atoms with Gasteiger partial charge in [0.1, 0.15) is 0 Å². The molecule has 0 radical (unpaired) electrons. The molecule has 0 heterocycles. The molecule has 0 bridgehead atoms. The maximum atomic E-state index is 2.98. The molecule has 0 aromatic heterocycles. The molecule has 2 rings (SSSR count). The van der Waals surface area contributed by atoms with E-state index in [0.29, 0.717) is 0 Å². The molecule has 142 valence electrons. The molecule has 0 N–H and O–H groups in total. The van der Waals surface area contributed by atoms with Crippen LogP contribution in [0.15, 0.2) is 0 Å². The van der Waals surface area contributed by atoms with E-state index in [-0.39, 0.29) is 19.4 Å². The summed E-state index contributed by atoms with van der Waals surface area (Å²) in [5.41, 5.74) is 0. The van der Waals surface area contributed by atoms with E-state index in [1.807, 2.05) is 0 Å². The van der Waals surface area contributed by atoms with Gasteiger partial charge < -0.3 is 9.13 Å². The van der Waals surface area contributed by atoms with E-state index in [9.17, 15) is 0 Å². The molecule has 0 spiro atoms. The van der Waals surface area contributed by atoms with Gasteiger partial charge in [0.2, 0.25) is 0 Å². The van der Waals surface area contributed by atoms with Gasteiger partial charge >= 0.3 is 0 Å². The second kappa shape index (κ2) is 11.1. The molecule has 2 fully saturated rings. The zero-order chi connectivity index (χ0) is 17.4. The van der Waals surface area contributed by atoms with Crippen molar-refractivity contribution in [3.05, 3.63) is 0 Å². The van der Waals surface area contributed by atoms with E-state index in [1.54, 1.807) is 12.1 Å². The summed E-state index contributed by atoms with van der Waals surface area (Å²) in [4.78, 5) is 0. The van der Waals surface area contributed by atoms with Crippen LogP contribution >= 0.6 is 0 Å². The first-order chi connectivity index (χ1) is 11.6. The third kappa shape index (κ3) is 6.58. The Morgan fingerprint density at radius 3 is 1.25 bits per heavy atom. The van der Waals surface area contributed by atoms with Crippen molar-refractivity contribution in [1.29, 1.82) is 0 Å². The smallest absolute Gasteiger partial charge is 0.0954 e. The number of hydrogen-bond acceptors (Lipinski definition) is 2. The summed E-state index contributed by atoms with van der Waals surface area (Å²) >= 11 is 0. The van der Waals surface area contributed by atoms with Crippen LogP contribution in [0.5, 0.6) is 0 Å². The van der Waals surface area contributed by atoms with Crippen molar-refractivity contribution in [2.45, 2.75) is 128 Å². The Morgan fingerprint density at radius 2 is 0.958 bits per heavy atom. The maximum absolute atomic E-state index is 2.98. The Balaban J connectivity index is 1.73. The highest BCUT2D eigenvalue weighted by atomic mass is 28.2. The molecular weight excluding hydrogens is 324 g/mol. The molecule has 0 amide bonds. The van der Waals surface area contributed by atoms with Crippen LogP contribution in [0.1, 0.15) is 91.9 Å².